The van der Waals surface area contributed by atoms with E-state index in [9.17, 15) is 4.39 Å². The first-order chi connectivity index (χ1) is 13.0. The normalized spacial score (nSPS) is 22.1. The van der Waals surface area contributed by atoms with E-state index in [4.69, 9.17) is 4.74 Å². The molecule has 4 heteroatoms. The molecule has 0 spiro atoms. The quantitative estimate of drug-likeness (QED) is 0.587. The Bertz CT molecular complexity index is 734. The van der Waals surface area contributed by atoms with Gasteiger partial charge in [0.25, 0.3) is 0 Å². The maximum atomic E-state index is 13.8. The van der Waals surface area contributed by atoms with Gasteiger partial charge < -0.3 is 10.1 Å². The predicted octanol–water partition coefficient (Wildman–Crippen LogP) is 5.81. The number of benzene rings is 2. The van der Waals surface area contributed by atoms with Crippen LogP contribution >= 0.6 is 12.4 Å². The van der Waals surface area contributed by atoms with Crippen molar-refractivity contribution in [3.63, 3.8) is 0 Å². The molecule has 154 valence electrons. The summed E-state index contributed by atoms with van der Waals surface area (Å²) in [6.07, 6.45) is 3.43. The minimum Gasteiger partial charge on any atom is -0.378 e. The van der Waals surface area contributed by atoms with Crippen LogP contribution in [-0.4, -0.2) is 19.3 Å². The van der Waals surface area contributed by atoms with E-state index < -0.39 is 0 Å². The summed E-state index contributed by atoms with van der Waals surface area (Å²) >= 11 is 0. The van der Waals surface area contributed by atoms with Crippen LogP contribution in [0.25, 0.3) is 0 Å². The monoisotopic (exact) mass is 405 g/mol. The molecule has 0 aliphatic carbocycles. The van der Waals surface area contributed by atoms with E-state index in [-0.39, 0.29) is 23.6 Å². The summed E-state index contributed by atoms with van der Waals surface area (Å²) in [7, 11) is 0. The van der Waals surface area contributed by atoms with Crippen LogP contribution in [0.15, 0.2) is 48.5 Å². The lowest BCUT2D eigenvalue weighted by atomic mass is 9.68. The van der Waals surface area contributed by atoms with Crippen molar-refractivity contribution in [2.75, 3.05) is 13.2 Å². The molecule has 2 aromatic carbocycles. The zero-order valence-electron chi connectivity index (χ0n) is 17.2. The van der Waals surface area contributed by atoms with Crippen molar-refractivity contribution in [2.45, 2.75) is 58.1 Å². The first-order valence-corrected chi connectivity index (χ1v) is 10.1. The lowest BCUT2D eigenvalue weighted by molar-refractivity contribution is -0.0469. The molecule has 2 aromatic rings. The van der Waals surface area contributed by atoms with Crippen molar-refractivity contribution in [1.29, 1.82) is 0 Å². The van der Waals surface area contributed by atoms with Crippen molar-refractivity contribution in [3.05, 3.63) is 71.0 Å². The second-order valence-corrected chi connectivity index (χ2v) is 8.27. The number of ether oxygens (including phenoxy) is 1. The first-order valence-electron chi connectivity index (χ1n) is 10.1. The maximum absolute atomic E-state index is 13.8. The molecule has 1 heterocycles. The Hall–Kier alpha value is -1.42. The number of halogens is 2. The molecule has 3 rings (SSSR count). The molecule has 2 nitrogen and oxygen atoms in total. The standard InChI is InChI=1S/C24H32FNO.ClH/c1-18(2)23-16-24(13-15-27-23,21-10-8-19(3)9-11-21)12-14-26-17-20-6-4-5-7-22(20)25;/h4-11,18,23,26H,12-17H2,1-3H3;1H. The smallest absolute Gasteiger partial charge is 0.127 e. The van der Waals surface area contributed by atoms with Crippen molar-refractivity contribution >= 4 is 12.4 Å². The molecule has 0 amide bonds. The zero-order valence-corrected chi connectivity index (χ0v) is 18.0. The highest BCUT2D eigenvalue weighted by Gasteiger charge is 2.39. The first kappa shape index (κ1) is 22.9. The number of hydrogen-bond acceptors (Lipinski definition) is 2. The van der Waals surface area contributed by atoms with Gasteiger partial charge in [0.15, 0.2) is 0 Å². The molecule has 0 bridgehead atoms. The van der Waals surface area contributed by atoms with E-state index in [1.807, 2.05) is 12.1 Å². The van der Waals surface area contributed by atoms with Crippen molar-refractivity contribution in [2.24, 2.45) is 5.92 Å². The minimum absolute atomic E-state index is 0. The summed E-state index contributed by atoms with van der Waals surface area (Å²) in [5.74, 6) is 0.380. The van der Waals surface area contributed by atoms with Gasteiger partial charge in [-0.25, -0.2) is 4.39 Å². The molecule has 2 atom stereocenters. The van der Waals surface area contributed by atoms with Crippen LogP contribution in [0.3, 0.4) is 0 Å². The summed E-state index contributed by atoms with van der Waals surface area (Å²) < 4.78 is 19.9. The van der Waals surface area contributed by atoms with E-state index >= 15 is 0 Å². The second-order valence-electron chi connectivity index (χ2n) is 8.27. The van der Waals surface area contributed by atoms with Crippen molar-refractivity contribution in [3.8, 4) is 0 Å². The Kier molecular flexibility index (Phi) is 8.48. The predicted molar refractivity (Wildman–Crippen MR) is 117 cm³/mol. The van der Waals surface area contributed by atoms with Gasteiger partial charge in [-0.2, -0.15) is 0 Å². The molecule has 2 unspecified atom stereocenters. The van der Waals surface area contributed by atoms with Crippen molar-refractivity contribution in [1.82, 2.24) is 5.32 Å². The fraction of sp³-hybridized carbons (Fsp3) is 0.500. The third kappa shape index (κ3) is 5.56. The molecule has 1 fully saturated rings. The fourth-order valence-electron chi connectivity index (χ4n) is 4.11. The SMILES string of the molecule is Cc1ccc(C2(CCNCc3ccccc3F)CCOC(C(C)C)C2)cc1.Cl. The van der Waals surface area contributed by atoms with Gasteiger partial charge in [0.2, 0.25) is 0 Å². The van der Waals surface area contributed by atoms with Crippen LogP contribution in [0, 0.1) is 18.7 Å². The highest BCUT2D eigenvalue weighted by molar-refractivity contribution is 5.85. The number of hydrogen-bond donors (Lipinski definition) is 1. The molecular weight excluding hydrogens is 373 g/mol. The van der Waals surface area contributed by atoms with Crippen molar-refractivity contribution < 1.29 is 9.13 Å². The van der Waals surface area contributed by atoms with Crippen LogP contribution in [-0.2, 0) is 16.7 Å². The Labute approximate surface area is 175 Å². The topological polar surface area (TPSA) is 21.3 Å². The van der Waals surface area contributed by atoms with E-state index in [0.717, 1.165) is 38.0 Å². The van der Waals surface area contributed by atoms with E-state index in [2.05, 4.69) is 50.4 Å². The Morgan fingerprint density at radius 3 is 2.54 bits per heavy atom. The summed E-state index contributed by atoms with van der Waals surface area (Å²) in [5.41, 5.74) is 3.56. The van der Waals surface area contributed by atoms with Gasteiger partial charge in [-0.05, 0) is 50.3 Å². The molecule has 1 aliphatic heterocycles. The summed E-state index contributed by atoms with van der Waals surface area (Å²) in [4.78, 5) is 0. The van der Waals surface area contributed by atoms with Crippen LogP contribution in [0.5, 0.6) is 0 Å². The molecule has 0 aromatic heterocycles. The third-order valence-electron chi connectivity index (χ3n) is 5.97. The Balaban J connectivity index is 0.00000280. The van der Waals surface area contributed by atoms with E-state index in [1.165, 1.54) is 17.2 Å². The van der Waals surface area contributed by atoms with Gasteiger partial charge in [0, 0.05) is 24.1 Å². The zero-order chi connectivity index (χ0) is 19.3. The minimum atomic E-state index is -0.135. The van der Waals surface area contributed by atoms with Crippen LogP contribution in [0.2, 0.25) is 0 Å². The van der Waals surface area contributed by atoms with Crippen LogP contribution in [0.1, 0.15) is 49.8 Å². The molecule has 1 N–H and O–H groups in total. The number of nitrogens with one attached hydrogen (secondary N) is 1. The van der Waals surface area contributed by atoms with Gasteiger partial charge in [0.1, 0.15) is 5.82 Å². The fourth-order valence-corrected chi connectivity index (χ4v) is 4.11. The highest BCUT2D eigenvalue weighted by Crippen LogP contribution is 2.41. The average Bonchev–Trinajstić information content (AvgIpc) is 2.67. The molecular formula is C24H33ClFNO. The summed E-state index contributed by atoms with van der Waals surface area (Å²) in [6, 6.07) is 16.0. The van der Waals surface area contributed by atoms with Gasteiger partial charge in [-0.15, -0.1) is 12.4 Å². The third-order valence-corrected chi connectivity index (χ3v) is 5.97. The van der Waals surface area contributed by atoms with E-state index in [0.29, 0.717) is 18.6 Å². The summed E-state index contributed by atoms with van der Waals surface area (Å²) in [5, 5.41) is 3.46. The number of rotatable bonds is 7. The Morgan fingerprint density at radius 2 is 1.86 bits per heavy atom. The highest BCUT2D eigenvalue weighted by atomic mass is 35.5. The molecule has 0 saturated carbocycles. The van der Waals surface area contributed by atoms with E-state index in [1.54, 1.807) is 6.07 Å². The van der Waals surface area contributed by atoms with Gasteiger partial charge in [-0.3, -0.25) is 0 Å². The largest absolute Gasteiger partial charge is 0.378 e. The molecule has 1 aliphatic rings. The lowest BCUT2D eigenvalue weighted by Gasteiger charge is -2.43. The number of aryl methyl sites for hydroxylation is 1. The summed E-state index contributed by atoms with van der Waals surface area (Å²) in [6.45, 7) is 8.86. The van der Waals surface area contributed by atoms with Gasteiger partial charge in [0.05, 0.1) is 6.10 Å². The van der Waals surface area contributed by atoms with Crippen LogP contribution in [0.4, 0.5) is 4.39 Å². The molecule has 28 heavy (non-hydrogen) atoms. The maximum Gasteiger partial charge on any atom is 0.127 e. The average molecular weight is 406 g/mol. The molecule has 0 radical (unpaired) electrons. The second kappa shape index (κ2) is 10.4. The van der Waals surface area contributed by atoms with Gasteiger partial charge in [-0.1, -0.05) is 61.9 Å². The van der Waals surface area contributed by atoms with Gasteiger partial charge >= 0.3 is 0 Å². The lowest BCUT2D eigenvalue weighted by Crippen LogP contribution is -2.42. The molecule has 1 saturated heterocycles. The Morgan fingerprint density at radius 1 is 1.14 bits per heavy atom. The van der Waals surface area contributed by atoms with Crippen LogP contribution < -0.4 is 5.32 Å².